The second kappa shape index (κ2) is 8.63. The molecule has 0 spiro atoms. The van der Waals surface area contributed by atoms with Gasteiger partial charge >= 0.3 is 0 Å². The lowest BCUT2D eigenvalue weighted by Crippen LogP contribution is -2.38. The Bertz CT molecular complexity index is 864. The lowest BCUT2D eigenvalue weighted by Gasteiger charge is -2.27. The summed E-state index contributed by atoms with van der Waals surface area (Å²) in [5.74, 6) is 1.75. The van der Waals surface area contributed by atoms with Crippen LogP contribution in [0.25, 0.3) is 0 Å². The van der Waals surface area contributed by atoms with Gasteiger partial charge in [-0.25, -0.2) is 5.43 Å². The van der Waals surface area contributed by atoms with E-state index in [1.165, 1.54) is 0 Å². The van der Waals surface area contributed by atoms with Gasteiger partial charge in [-0.3, -0.25) is 0 Å². The van der Waals surface area contributed by atoms with E-state index >= 15 is 0 Å². The summed E-state index contributed by atoms with van der Waals surface area (Å²) in [4.78, 5) is 18.1. The Morgan fingerprint density at radius 3 is 2.25 bits per heavy atom. The largest absolute Gasteiger partial charge is 0.378 e. The number of anilines is 3. The molecule has 144 valence electrons. The molecule has 0 saturated carbocycles. The molecule has 2 aliphatic heterocycles. The zero-order valence-corrected chi connectivity index (χ0v) is 15.6. The summed E-state index contributed by atoms with van der Waals surface area (Å²) in [6.07, 6.45) is 3.98. The predicted octanol–water partition coefficient (Wildman–Crippen LogP) is 1.63. The molecule has 0 unspecified atom stereocenters. The molecular formula is C19H22N8O. The highest BCUT2D eigenvalue weighted by atomic mass is 16.5. The van der Waals surface area contributed by atoms with Gasteiger partial charge in [-0.1, -0.05) is 12.1 Å². The minimum atomic E-state index is 0.420. The Balaban J connectivity index is 1.53. The maximum Gasteiger partial charge on any atom is 0.250 e. The van der Waals surface area contributed by atoms with Crippen LogP contribution in [-0.2, 0) is 4.74 Å². The molecule has 0 radical (unpaired) electrons. The quantitative estimate of drug-likeness (QED) is 0.619. The Morgan fingerprint density at radius 2 is 1.61 bits per heavy atom. The highest BCUT2D eigenvalue weighted by Crippen LogP contribution is 2.21. The zero-order chi connectivity index (χ0) is 19.2. The summed E-state index contributed by atoms with van der Waals surface area (Å²) in [5.41, 5.74) is 4.42. The molecule has 28 heavy (non-hydrogen) atoms. The van der Waals surface area contributed by atoms with Gasteiger partial charge in [0.05, 0.1) is 31.1 Å². The average molecular weight is 378 g/mol. The molecule has 0 atom stereocenters. The van der Waals surface area contributed by atoms with Crippen LogP contribution in [-0.4, -0.2) is 60.6 Å². The number of nitrogens with zero attached hydrogens (tertiary/aromatic N) is 7. The molecule has 2 aliphatic rings. The minimum Gasteiger partial charge on any atom is -0.378 e. The number of nitriles is 1. The van der Waals surface area contributed by atoms with Crippen LogP contribution in [0.1, 0.15) is 24.0 Å². The summed E-state index contributed by atoms with van der Waals surface area (Å²) >= 11 is 0. The molecule has 2 saturated heterocycles. The van der Waals surface area contributed by atoms with Crippen molar-refractivity contribution in [2.45, 2.75) is 12.8 Å². The molecule has 0 amide bonds. The van der Waals surface area contributed by atoms with E-state index in [0.717, 1.165) is 44.6 Å². The highest BCUT2D eigenvalue weighted by Gasteiger charge is 2.21. The number of ether oxygens (including phenoxy) is 1. The van der Waals surface area contributed by atoms with E-state index in [1.54, 1.807) is 18.3 Å². The van der Waals surface area contributed by atoms with Gasteiger partial charge < -0.3 is 14.5 Å². The SMILES string of the molecule is N#Cc1ccc(C=NNc2nc(N3CCCC3)nc(N3CCOCC3)n2)cc1. The number of hydrazone groups is 1. The first-order chi connectivity index (χ1) is 13.8. The number of rotatable bonds is 5. The van der Waals surface area contributed by atoms with Gasteiger partial charge in [0.25, 0.3) is 0 Å². The fourth-order valence-electron chi connectivity index (χ4n) is 3.18. The van der Waals surface area contributed by atoms with Crippen molar-refractivity contribution in [3.8, 4) is 6.07 Å². The van der Waals surface area contributed by atoms with Crippen LogP contribution < -0.4 is 15.2 Å². The van der Waals surface area contributed by atoms with Crippen LogP contribution in [0.3, 0.4) is 0 Å². The molecule has 3 heterocycles. The molecule has 2 aromatic rings. The van der Waals surface area contributed by atoms with Gasteiger partial charge in [0, 0.05) is 26.2 Å². The normalized spacial score (nSPS) is 17.1. The van der Waals surface area contributed by atoms with Gasteiger partial charge in [-0.2, -0.15) is 25.3 Å². The van der Waals surface area contributed by atoms with Crippen molar-refractivity contribution >= 4 is 24.1 Å². The minimum absolute atomic E-state index is 0.420. The lowest BCUT2D eigenvalue weighted by molar-refractivity contribution is 0.122. The van der Waals surface area contributed by atoms with E-state index < -0.39 is 0 Å². The lowest BCUT2D eigenvalue weighted by atomic mass is 10.2. The third kappa shape index (κ3) is 4.35. The second-order valence-corrected chi connectivity index (χ2v) is 6.66. The van der Waals surface area contributed by atoms with Gasteiger partial charge in [0.2, 0.25) is 17.8 Å². The van der Waals surface area contributed by atoms with E-state index in [4.69, 9.17) is 10.00 Å². The van der Waals surface area contributed by atoms with Gasteiger partial charge in [-0.15, -0.1) is 0 Å². The molecular weight excluding hydrogens is 356 g/mol. The summed E-state index contributed by atoms with van der Waals surface area (Å²) < 4.78 is 5.43. The van der Waals surface area contributed by atoms with Crippen molar-refractivity contribution in [2.24, 2.45) is 5.10 Å². The van der Waals surface area contributed by atoms with E-state index in [0.29, 0.717) is 36.6 Å². The van der Waals surface area contributed by atoms with E-state index in [2.05, 4.69) is 41.3 Å². The maximum atomic E-state index is 8.87. The predicted molar refractivity (Wildman–Crippen MR) is 107 cm³/mol. The Kier molecular flexibility index (Phi) is 5.58. The van der Waals surface area contributed by atoms with Crippen LogP contribution in [0.15, 0.2) is 29.4 Å². The van der Waals surface area contributed by atoms with E-state index in [9.17, 15) is 0 Å². The third-order valence-electron chi connectivity index (χ3n) is 4.71. The molecule has 0 aliphatic carbocycles. The molecule has 9 nitrogen and oxygen atoms in total. The molecule has 1 aromatic heterocycles. The van der Waals surface area contributed by atoms with Gasteiger partial charge in [-0.05, 0) is 30.5 Å². The van der Waals surface area contributed by atoms with Crippen molar-refractivity contribution in [1.29, 1.82) is 5.26 Å². The van der Waals surface area contributed by atoms with Crippen LogP contribution in [0.5, 0.6) is 0 Å². The first-order valence-corrected chi connectivity index (χ1v) is 9.45. The summed E-state index contributed by atoms with van der Waals surface area (Å²) in [6, 6.07) is 9.29. The van der Waals surface area contributed by atoms with Crippen molar-refractivity contribution in [2.75, 3.05) is 54.6 Å². The fourth-order valence-corrected chi connectivity index (χ4v) is 3.18. The first-order valence-electron chi connectivity index (χ1n) is 9.45. The summed E-state index contributed by atoms with van der Waals surface area (Å²) in [6.45, 7) is 4.78. The number of hydrogen-bond acceptors (Lipinski definition) is 9. The number of morpholine rings is 1. The number of nitrogens with one attached hydrogen (secondary N) is 1. The second-order valence-electron chi connectivity index (χ2n) is 6.66. The Hall–Kier alpha value is -3.25. The molecule has 4 rings (SSSR count). The van der Waals surface area contributed by atoms with Crippen molar-refractivity contribution in [3.05, 3.63) is 35.4 Å². The number of hydrogen-bond donors (Lipinski definition) is 1. The molecule has 1 N–H and O–H groups in total. The topological polar surface area (TPSA) is 103 Å². The zero-order valence-electron chi connectivity index (χ0n) is 15.6. The average Bonchev–Trinajstić information content (AvgIpc) is 3.30. The van der Waals surface area contributed by atoms with E-state index in [-0.39, 0.29) is 0 Å². The van der Waals surface area contributed by atoms with Gasteiger partial charge in [0.15, 0.2) is 0 Å². The van der Waals surface area contributed by atoms with Crippen molar-refractivity contribution in [1.82, 2.24) is 15.0 Å². The molecule has 2 fully saturated rings. The van der Waals surface area contributed by atoms with E-state index in [1.807, 2.05) is 12.1 Å². The highest BCUT2D eigenvalue weighted by molar-refractivity contribution is 5.80. The molecule has 9 heteroatoms. The molecule has 0 bridgehead atoms. The smallest absolute Gasteiger partial charge is 0.250 e. The van der Waals surface area contributed by atoms with Crippen molar-refractivity contribution in [3.63, 3.8) is 0 Å². The first kappa shape index (κ1) is 18.1. The third-order valence-corrected chi connectivity index (χ3v) is 4.71. The standard InChI is InChI=1S/C19H22N8O/c20-13-15-3-5-16(6-4-15)14-21-25-17-22-18(26-7-1-2-8-26)24-19(23-17)27-9-11-28-12-10-27/h3-6,14H,1-2,7-12H2,(H,22,23,24,25). The van der Waals surface area contributed by atoms with Gasteiger partial charge in [0.1, 0.15) is 0 Å². The number of aromatic nitrogens is 3. The Labute approximate surface area is 163 Å². The van der Waals surface area contributed by atoms with Crippen molar-refractivity contribution < 1.29 is 4.74 Å². The van der Waals surface area contributed by atoms with Crippen LogP contribution in [0.2, 0.25) is 0 Å². The fraction of sp³-hybridized carbons (Fsp3) is 0.421. The van der Waals surface area contributed by atoms with Crippen LogP contribution >= 0.6 is 0 Å². The number of benzene rings is 1. The Morgan fingerprint density at radius 1 is 0.964 bits per heavy atom. The summed E-state index contributed by atoms with van der Waals surface area (Å²) in [5, 5.41) is 13.1. The maximum absolute atomic E-state index is 8.87. The van der Waals surface area contributed by atoms with Crippen LogP contribution in [0.4, 0.5) is 17.8 Å². The molecule has 1 aromatic carbocycles. The monoisotopic (exact) mass is 378 g/mol. The van der Waals surface area contributed by atoms with Crippen LogP contribution in [0, 0.1) is 11.3 Å². The summed E-state index contributed by atoms with van der Waals surface area (Å²) in [7, 11) is 0.